The molecule has 1 saturated heterocycles. The quantitative estimate of drug-likeness (QED) is 0.710. The second-order valence-electron chi connectivity index (χ2n) is 6.49. The van der Waals surface area contributed by atoms with E-state index >= 15 is 0 Å². The molecule has 0 aromatic heterocycles. The fraction of sp³-hybridized carbons (Fsp3) is 0.471. The number of nitrogens with zero attached hydrogens (tertiary/aromatic N) is 1. The predicted molar refractivity (Wildman–Crippen MR) is 86.3 cm³/mol. The first-order chi connectivity index (χ1) is 12.1. The molecule has 0 radical (unpaired) electrons. The average Bonchev–Trinajstić information content (AvgIpc) is 2.59. The molecule has 1 aliphatic heterocycles. The van der Waals surface area contributed by atoms with E-state index in [2.05, 4.69) is 5.32 Å². The third-order valence-electron chi connectivity index (χ3n) is 4.38. The van der Waals surface area contributed by atoms with Gasteiger partial charge in [0.1, 0.15) is 11.6 Å². The number of carbonyl (C=O) groups is 3. The first-order valence-corrected chi connectivity index (χ1v) is 8.09. The maximum absolute atomic E-state index is 13.7. The molecule has 1 unspecified atom stereocenters. The van der Waals surface area contributed by atoms with E-state index in [-0.39, 0.29) is 18.7 Å². The van der Waals surface area contributed by atoms with E-state index < -0.39 is 47.5 Å². The monoisotopic (exact) mass is 370 g/mol. The Morgan fingerprint density at radius 1 is 1.27 bits per heavy atom. The number of hydrogen-bond donors (Lipinski definition) is 3. The molecule has 3 N–H and O–H groups in total. The number of carboxylic acids is 1. The summed E-state index contributed by atoms with van der Waals surface area (Å²) in [7, 11) is 0. The van der Waals surface area contributed by atoms with Gasteiger partial charge in [0.05, 0.1) is 12.1 Å². The van der Waals surface area contributed by atoms with Crippen LogP contribution in [0.25, 0.3) is 0 Å². The minimum atomic E-state index is -2.06. The standard InChI is InChI=1S/C17H20F2N2O5/c1-17(26,16(24)25)9-20-14(22)10-4-6-21(7-5-10)15(23)12-3-2-11(18)8-13(12)19/h2-3,8,10,26H,4-7,9H2,1H3,(H,20,22)(H,24,25). The van der Waals surface area contributed by atoms with Crippen LogP contribution in [0, 0.1) is 17.6 Å². The summed E-state index contributed by atoms with van der Waals surface area (Å²) < 4.78 is 26.7. The van der Waals surface area contributed by atoms with Crippen molar-refractivity contribution < 1.29 is 33.4 Å². The van der Waals surface area contributed by atoms with Crippen molar-refractivity contribution >= 4 is 17.8 Å². The summed E-state index contributed by atoms with van der Waals surface area (Å²) in [4.78, 5) is 36.6. The van der Waals surface area contributed by atoms with E-state index in [1.165, 1.54) is 4.90 Å². The van der Waals surface area contributed by atoms with Crippen molar-refractivity contribution in [2.75, 3.05) is 19.6 Å². The van der Waals surface area contributed by atoms with Gasteiger partial charge in [0.2, 0.25) is 5.91 Å². The van der Waals surface area contributed by atoms with Gasteiger partial charge in [0.25, 0.3) is 5.91 Å². The van der Waals surface area contributed by atoms with Gasteiger partial charge in [-0.15, -0.1) is 0 Å². The minimum absolute atomic E-state index is 0.211. The van der Waals surface area contributed by atoms with E-state index in [4.69, 9.17) is 5.11 Å². The van der Waals surface area contributed by atoms with Gasteiger partial charge >= 0.3 is 5.97 Å². The highest BCUT2D eigenvalue weighted by Gasteiger charge is 2.33. The fourth-order valence-electron chi connectivity index (χ4n) is 2.66. The Morgan fingerprint density at radius 3 is 2.42 bits per heavy atom. The summed E-state index contributed by atoms with van der Waals surface area (Å²) in [6.45, 7) is 1.07. The summed E-state index contributed by atoms with van der Waals surface area (Å²) >= 11 is 0. The molecule has 1 aromatic rings. The summed E-state index contributed by atoms with van der Waals surface area (Å²) in [5.74, 6) is -4.58. The van der Waals surface area contributed by atoms with Crippen molar-refractivity contribution in [3.63, 3.8) is 0 Å². The number of aliphatic carboxylic acids is 1. The number of likely N-dealkylation sites (tertiary alicyclic amines) is 1. The number of carbonyl (C=O) groups excluding carboxylic acids is 2. The lowest BCUT2D eigenvalue weighted by atomic mass is 9.95. The van der Waals surface area contributed by atoms with Crippen LogP contribution in [0.2, 0.25) is 0 Å². The third kappa shape index (κ3) is 4.54. The fourth-order valence-corrected chi connectivity index (χ4v) is 2.66. The molecule has 0 bridgehead atoms. The molecule has 0 spiro atoms. The van der Waals surface area contributed by atoms with Crippen LogP contribution in [0.4, 0.5) is 8.78 Å². The van der Waals surface area contributed by atoms with Gasteiger partial charge in [-0.1, -0.05) is 0 Å². The number of rotatable bonds is 5. The first kappa shape index (κ1) is 19.8. The Labute approximate surface area is 148 Å². The summed E-state index contributed by atoms with van der Waals surface area (Å²) in [6.07, 6.45) is 0.630. The van der Waals surface area contributed by atoms with Gasteiger partial charge < -0.3 is 20.4 Å². The highest BCUT2D eigenvalue weighted by molar-refractivity contribution is 5.94. The van der Waals surface area contributed by atoms with Gasteiger partial charge in [-0.2, -0.15) is 0 Å². The number of nitrogens with one attached hydrogen (secondary N) is 1. The molecule has 2 amide bonds. The van der Waals surface area contributed by atoms with Crippen LogP contribution in [-0.4, -0.2) is 58.1 Å². The lowest BCUT2D eigenvalue weighted by Crippen LogP contribution is -2.49. The second kappa shape index (κ2) is 7.77. The number of piperidine rings is 1. The number of hydrogen-bond acceptors (Lipinski definition) is 4. The highest BCUT2D eigenvalue weighted by atomic mass is 19.1. The number of halogens is 2. The molecule has 1 aliphatic rings. The highest BCUT2D eigenvalue weighted by Crippen LogP contribution is 2.21. The smallest absolute Gasteiger partial charge is 0.337 e. The zero-order valence-corrected chi connectivity index (χ0v) is 14.2. The van der Waals surface area contributed by atoms with E-state index in [1.54, 1.807) is 0 Å². The van der Waals surface area contributed by atoms with Gasteiger partial charge in [-0.3, -0.25) is 9.59 Å². The first-order valence-electron chi connectivity index (χ1n) is 8.09. The molecule has 142 valence electrons. The molecule has 1 heterocycles. The molecule has 1 atom stereocenters. The SMILES string of the molecule is CC(O)(CNC(=O)C1CCN(C(=O)c2ccc(F)cc2F)CC1)C(=O)O. The summed E-state index contributed by atoms with van der Waals surface area (Å²) in [6, 6.07) is 2.73. The van der Waals surface area contributed by atoms with Crippen molar-refractivity contribution in [1.82, 2.24) is 10.2 Å². The lowest BCUT2D eigenvalue weighted by molar-refractivity contribution is -0.156. The summed E-state index contributed by atoms with van der Waals surface area (Å²) in [5.41, 5.74) is -2.29. The van der Waals surface area contributed by atoms with Crippen LogP contribution < -0.4 is 5.32 Å². The van der Waals surface area contributed by atoms with Crippen molar-refractivity contribution in [3.05, 3.63) is 35.4 Å². The molecule has 9 heteroatoms. The normalized spacial score (nSPS) is 17.5. The third-order valence-corrected chi connectivity index (χ3v) is 4.38. The number of benzene rings is 1. The average molecular weight is 370 g/mol. The van der Waals surface area contributed by atoms with Crippen molar-refractivity contribution in [2.24, 2.45) is 5.92 Å². The molecule has 1 fully saturated rings. The van der Waals surface area contributed by atoms with E-state index in [1.807, 2.05) is 0 Å². The van der Waals surface area contributed by atoms with Gasteiger partial charge in [0, 0.05) is 25.1 Å². The van der Waals surface area contributed by atoms with Crippen molar-refractivity contribution in [2.45, 2.75) is 25.4 Å². The molecule has 0 aliphatic carbocycles. The molecular weight excluding hydrogens is 350 g/mol. The van der Waals surface area contributed by atoms with Gasteiger partial charge in [0.15, 0.2) is 5.60 Å². The zero-order chi connectivity index (χ0) is 19.5. The summed E-state index contributed by atoms with van der Waals surface area (Å²) in [5, 5.41) is 20.8. The Bertz CT molecular complexity index is 715. The maximum atomic E-state index is 13.7. The van der Waals surface area contributed by atoms with Crippen LogP contribution in [0.15, 0.2) is 18.2 Å². The van der Waals surface area contributed by atoms with E-state index in [0.717, 1.165) is 19.1 Å². The molecule has 7 nitrogen and oxygen atoms in total. The topological polar surface area (TPSA) is 107 Å². The molecule has 0 saturated carbocycles. The van der Waals surface area contributed by atoms with Crippen LogP contribution >= 0.6 is 0 Å². The Balaban J connectivity index is 1.89. The number of carboxylic acid groups (broad SMARTS) is 1. The Morgan fingerprint density at radius 2 is 1.88 bits per heavy atom. The molecule has 2 rings (SSSR count). The minimum Gasteiger partial charge on any atom is -0.479 e. The zero-order valence-electron chi connectivity index (χ0n) is 14.2. The molecular formula is C17H20F2N2O5. The van der Waals surface area contributed by atoms with Crippen molar-refractivity contribution in [1.29, 1.82) is 0 Å². The molecule has 26 heavy (non-hydrogen) atoms. The maximum Gasteiger partial charge on any atom is 0.337 e. The van der Waals surface area contributed by atoms with E-state index in [0.29, 0.717) is 18.9 Å². The van der Waals surface area contributed by atoms with Gasteiger partial charge in [-0.05, 0) is 31.9 Å². The van der Waals surface area contributed by atoms with Crippen LogP contribution in [0.3, 0.4) is 0 Å². The van der Waals surface area contributed by atoms with Crippen LogP contribution in [0.1, 0.15) is 30.1 Å². The Kier molecular flexibility index (Phi) is 5.91. The number of amides is 2. The lowest BCUT2D eigenvalue weighted by Gasteiger charge is -2.32. The number of aliphatic hydroxyl groups is 1. The largest absolute Gasteiger partial charge is 0.479 e. The van der Waals surface area contributed by atoms with Crippen LogP contribution in [0.5, 0.6) is 0 Å². The van der Waals surface area contributed by atoms with Gasteiger partial charge in [-0.25, -0.2) is 13.6 Å². The second-order valence-corrected chi connectivity index (χ2v) is 6.49. The Hall–Kier alpha value is -2.55. The molecule has 1 aromatic carbocycles. The van der Waals surface area contributed by atoms with Crippen molar-refractivity contribution in [3.8, 4) is 0 Å². The predicted octanol–water partition coefficient (Wildman–Crippen LogP) is 0.769. The van der Waals surface area contributed by atoms with E-state index in [9.17, 15) is 28.3 Å². The van der Waals surface area contributed by atoms with Crippen LogP contribution in [-0.2, 0) is 9.59 Å².